The molecule has 0 amide bonds. The SMILES string of the molecule is CCNC(=NCCc1ccc(O)c(OC)c1)N1CC(C)OC(c2ccc(F)cc2)C1.I. The van der Waals surface area contributed by atoms with Crippen LogP contribution in [0.5, 0.6) is 11.5 Å². The third-order valence-corrected chi connectivity index (χ3v) is 5.04. The normalized spacial score (nSPS) is 19.0. The first-order valence-electron chi connectivity index (χ1n) is 10.3. The zero-order valence-corrected chi connectivity index (χ0v) is 20.5. The lowest BCUT2D eigenvalue weighted by molar-refractivity contribution is -0.0605. The fourth-order valence-corrected chi connectivity index (χ4v) is 3.58. The van der Waals surface area contributed by atoms with E-state index in [0.29, 0.717) is 18.8 Å². The Balaban J connectivity index is 0.00000341. The van der Waals surface area contributed by atoms with Gasteiger partial charge in [0.2, 0.25) is 0 Å². The van der Waals surface area contributed by atoms with Crippen LogP contribution in [0.3, 0.4) is 0 Å². The van der Waals surface area contributed by atoms with Crippen molar-refractivity contribution in [3.8, 4) is 11.5 Å². The summed E-state index contributed by atoms with van der Waals surface area (Å²) in [6.45, 7) is 6.82. The lowest BCUT2D eigenvalue weighted by Crippen LogP contribution is -2.50. The number of ether oxygens (including phenoxy) is 2. The maximum absolute atomic E-state index is 13.3. The number of phenols is 1. The number of morpholine rings is 1. The van der Waals surface area contributed by atoms with Crippen molar-refractivity contribution in [1.29, 1.82) is 0 Å². The van der Waals surface area contributed by atoms with E-state index < -0.39 is 0 Å². The highest BCUT2D eigenvalue weighted by Crippen LogP contribution is 2.27. The third kappa shape index (κ3) is 6.96. The summed E-state index contributed by atoms with van der Waals surface area (Å²) in [5.74, 6) is 1.19. The maximum Gasteiger partial charge on any atom is 0.194 e. The number of guanidine groups is 1. The second-order valence-corrected chi connectivity index (χ2v) is 7.38. The molecule has 0 radical (unpaired) electrons. The van der Waals surface area contributed by atoms with E-state index in [9.17, 15) is 9.50 Å². The molecule has 0 aliphatic carbocycles. The Morgan fingerprint density at radius 2 is 2.00 bits per heavy atom. The lowest BCUT2D eigenvalue weighted by Gasteiger charge is -2.38. The highest BCUT2D eigenvalue weighted by Gasteiger charge is 2.28. The zero-order chi connectivity index (χ0) is 21.5. The second-order valence-electron chi connectivity index (χ2n) is 7.38. The van der Waals surface area contributed by atoms with Crippen LogP contribution < -0.4 is 10.1 Å². The number of nitrogens with one attached hydrogen (secondary N) is 1. The molecule has 2 unspecified atom stereocenters. The Labute approximate surface area is 200 Å². The number of phenolic OH excluding ortho intramolecular Hbond substituents is 1. The van der Waals surface area contributed by atoms with Crippen molar-refractivity contribution in [2.45, 2.75) is 32.5 Å². The molecular weight excluding hydrogens is 512 g/mol. The van der Waals surface area contributed by atoms with Gasteiger partial charge in [-0.2, -0.15) is 0 Å². The number of hydrogen-bond acceptors (Lipinski definition) is 4. The molecule has 2 atom stereocenters. The minimum atomic E-state index is -0.250. The molecule has 170 valence electrons. The molecule has 1 aliphatic rings. The summed E-state index contributed by atoms with van der Waals surface area (Å²) in [5.41, 5.74) is 2.00. The number of aromatic hydroxyl groups is 1. The molecule has 6 nitrogen and oxygen atoms in total. The zero-order valence-electron chi connectivity index (χ0n) is 18.2. The molecule has 1 heterocycles. The molecule has 3 rings (SSSR count). The van der Waals surface area contributed by atoms with Gasteiger partial charge in [0.15, 0.2) is 17.5 Å². The number of aliphatic imine (C=N–C) groups is 1. The fraction of sp³-hybridized carbons (Fsp3) is 0.435. The first-order valence-corrected chi connectivity index (χ1v) is 10.3. The summed E-state index contributed by atoms with van der Waals surface area (Å²) in [6, 6.07) is 11.8. The summed E-state index contributed by atoms with van der Waals surface area (Å²) >= 11 is 0. The number of methoxy groups -OCH3 is 1. The smallest absolute Gasteiger partial charge is 0.194 e. The molecule has 0 saturated carbocycles. The second kappa shape index (κ2) is 12.1. The van der Waals surface area contributed by atoms with Crippen LogP contribution in [0.25, 0.3) is 0 Å². The quantitative estimate of drug-likeness (QED) is 0.326. The molecule has 0 spiro atoms. The average molecular weight is 543 g/mol. The van der Waals surface area contributed by atoms with Crippen molar-refractivity contribution in [2.24, 2.45) is 4.99 Å². The summed E-state index contributed by atoms with van der Waals surface area (Å²) < 4.78 is 24.6. The van der Waals surface area contributed by atoms with E-state index >= 15 is 0 Å². The van der Waals surface area contributed by atoms with Gasteiger partial charge >= 0.3 is 0 Å². The summed E-state index contributed by atoms with van der Waals surface area (Å²) in [5, 5.41) is 13.1. The molecule has 8 heteroatoms. The molecule has 2 aromatic rings. The highest BCUT2D eigenvalue weighted by molar-refractivity contribution is 14.0. The van der Waals surface area contributed by atoms with Crippen molar-refractivity contribution >= 4 is 29.9 Å². The lowest BCUT2D eigenvalue weighted by atomic mass is 10.1. The fourth-order valence-electron chi connectivity index (χ4n) is 3.58. The van der Waals surface area contributed by atoms with Crippen LogP contribution in [0, 0.1) is 5.82 Å². The first kappa shape index (κ1) is 25.2. The topological polar surface area (TPSA) is 66.3 Å². The molecule has 31 heavy (non-hydrogen) atoms. The Morgan fingerprint density at radius 1 is 1.26 bits per heavy atom. The molecule has 1 saturated heterocycles. The summed E-state index contributed by atoms with van der Waals surface area (Å²) in [4.78, 5) is 7.00. The predicted molar refractivity (Wildman–Crippen MR) is 131 cm³/mol. The van der Waals surface area contributed by atoms with Crippen molar-refractivity contribution in [1.82, 2.24) is 10.2 Å². The number of nitrogens with zero attached hydrogens (tertiary/aromatic N) is 2. The highest BCUT2D eigenvalue weighted by atomic mass is 127. The van der Waals surface area contributed by atoms with Gasteiger partial charge in [-0.25, -0.2) is 4.39 Å². The van der Waals surface area contributed by atoms with Crippen LogP contribution in [0.2, 0.25) is 0 Å². The van der Waals surface area contributed by atoms with Gasteiger partial charge in [-0.15, -0.1) is 24.0 Å². The minimum Gasteiger partial charge on any atom is -0.504 e. The number of halogens is 2. The van der Waals surface area contributed by atoms with Gasteiger partial charge in [0.1, 0.15) is 11.9 Å². The standard InChI is InChI=1S/C23H30FN3O3.HI/c1-4-25-23(26-12-11-17-5-10-20(28)21(13-17)29-3)27-14-16(2)30-22(15-27)18-6-8-19(24)9-7-18;/h5-10,13,16,22,28H,4,11-12,14-15H2,1-3H3,(H,25,26);1H. The van der Waals surface area contributed by atoms with Crippen molar-refractivity contribution in [3.05, 3.63) is 59.4 Å². The monoisotopic (exact) mass is 543 g/mol. The maximum atomic E-state index is 13.3. The number of hydrogen-bond donors (Lipinski definition) is 2. The van der Waals surface area contributed by atoms with Gasteiger partial charge in [0.05, 0.1) is 19.8 Å². The van der Waals surface area contributed by atoms with Gasteiger partial charge < -0.3 is 24.8 Å². The third-order valence-electron chi connectivity index (χ3n) is 5.04. The molecule has 1 aliphatic heterocycles. The molecule has 2 N–H and O–H groups in total. The van der Waals surface area contributed by atoms with Crippen LogP contribution in [-0.2, 0) is 11.2 Å². The molecule has 0 bridgehead atoms. The van der Waals surface area contributed by atoms with E-state index in [0.717, 1.165) is 36.6 Å². The Hall–Kier alpha value is -2.07. The Morgan fingerprint density at radius 3 is 2.68 bits per heavy atom. The van der Waals surface area contributed by atoms with Gasteiger partial charge in [-0.05, 0) is 55.7 Å². The Bertz CT molecular complexity index is 864. The molecular formula is C23H31FIN3O3. The van der Waals surface area contributed by atoms with E-state index in [1.807, 2.05) is 26.0 Å². The van der Waals surface area contributed by atoms with Crippen molar-refractivity contribution in [3.63, 3.8) is 0 Å². The van der Waals surface area contributed by atoms with Crippen LogP contribution in [-0.4, -0.2) is 55.4 Å². The molecule has 1 fully saturated rings. The van der Waals surface area contributed by atoms with E-state index in [2.05, 4.69) is 10.2 Å². The van der Waals surface area contributed by atoms with Crippen LogP contribution in [0.1, 0.15) is 31.1 Å². The van der Waals surface area contributed by atoms with E-state index in [1.165, 1.54) is 19.2 Å². The van der Waals surface area contributed by atoms with E-state index in [1.54, 1.807) is 18.2 Å². The molecule has 2 aromatic carbocycles. The van der Waals surface area contributed by atoms with Crippen molar-refractivity contribution < 1.29 is 19.0 Å². The Kier molecular flexibility index (Phi) is 9.83. The summed E-state index contributed by atoms with van der Waals surface area (Å²) in [6.07, 6.45) is 0.617. The van der Waals surface area contributed by atoms with Crippen LogP contribution in [0.15, 0.2) is 47.5 Å². The van der Waals surface area contributed by atoms with Gasteiger partial charge in [0.25, 0.3) is 0 Å². The first-order chi connectivity index (χ1) is 14.5. The number of benzene rings is 2. The van der Waals surface area contributed by atoms with Gasteiger partial charge in [-0.1, -0.05) is 18.2 Å². The summed E-state index contributed by atoms with van der Waals surface area (Å²) in [7, 11) is 1.54. The van der Waals surface area contributed by atoms with Crippen LogP contribution in [0.4, 0.5) is 4.39 Å². The van der Waals surface area contributed by atoms with Gasteiger partial charge in [0, 0.05) is 19.6 Å². The van der Waals surface area contributed by atoms with E-state index in [4.69, 9.17) is 14.5 Å². The average Bonchev–Trinajstić information content (AvgIpc) is 2.74. The van der Waals surface area contributed by atoms with Gasteiger partial charge in [-0.3, -0.25) is 4.99 Å². The van der Waals surface area contributed by atoms with Crippen LogP contribution >= 0.6 is 24.0 Å². The van der Waals surface area contributed by atoms with Crippen molar-refractivity contribution in [2.75, 3.05) is 33.3 Å². The largest absolute Gasteiger partial charge is 0.504 e. The molecule has 0 aromatic heterocycles. The minimum absolute atomic E-state index is 0. The number of rotatable bonds is 6. The van der Waals surface area contributed by atoms with E-state index in [-0.39, 0.29) is 47.8 Å². The predicted octanol–water partition coefficient (Wildman–Crippen LogP) is 4.13.